The third-order valence-electron chi connectivity index (χ3n) is 5.16. The topological polar surface area (TPSA) is 71.5 Å². The number of hydrogen-bond acceptors (Lipinski definition) is 5. The zero-order valence-corrected chi connectivity index (χ0v) is 19.2. The predicted octanol–water partition coefficient (Wildman–Crippen LogP) is 5.29. The van der Waals surface area contributed by atoms with Crippen molar-refractivity contribution in [2.45, 2.75) is 13.8 Å². The Labute approximate surface area is 197 Å². The number of rotatable bonds is 9. The largest absolute Gasteiger partial charge is 0.461 e. The van der Waals surface area contributed by atoms with Gasteiger partial charge in [-0.2, -0.15) is 0 Å². The molecular weight excluding hydrogens is 445 g/mol. The Balaban J connectivity index is 1.61. The normalized spacial score (nSPS) is 10.8. The van der Waals surface area contributed by atoms with E-state index in [4.69, 9.17) is 16.3 Å². The molecule has 0 spiro atoms. The lowest BCUT2D eigenvalue weighted by Gasteiger charge is -2.17. The first-order chi connectivity index (χ1) is 15.9. The molecule has 1 heterocycles. The Hall–Kier alpha value is -3.29. The summed E-state index contributed by atoms with van der Waals surface area (Å²) >= 11 is 6.09. The minimum absolute atomic E-state index is 0.142. The van der Waals surface area contributed by atoms with E-state index < -0.39 is 17.7 Å². The highest BCUT2D eigenvalue weighted by Gasteiger charge is 2.15. The highest BCUT2D eigenvalue weighted by molar-refractivity contribution is 6.33. The van der Waals surface area contributed by atoms with Crippen molar-refractivity contribution >= 4 is 29.2 Å². The van der Waals surface area contributed by atoms with Crippen LogP contribution in [-0.4, -0.2) is 48.0 Å². The molecule has 0 saturated heterocycles. The van der Waals surface area contributed by atoms with E-state index in [2.05, 4.69) is 29.0 Å². The van der Waals surface area contributed by atoms with Gasteiger partial charge in [-0.1, -0.05) is 25.4 Å². The minimum Gasteiger partial charge on any atom is -0.461 e. The van der Waals surface area contributed by atoms with Crippen molar-refractivity contribution in [2.24, 2.45) is 0 Å². The first-order valence-corrected chi connectivity index (χ1v) is 11.0. The number of ether oxygens (including phenoxy) is 1. The van der Waals surface area contributed by atoms with Crippen molar-refractivity contribution < 1.29 is 18.7 Å². The molecule has 2 aromatic carbocycles. The molecule has 0 radical (unpaired) electrons. The molecule has 172 valence electrons. The van der Waals surface area contributed by atoms with Crippen LogP contribution in [0, 0.1) is 5.82 Å². The number of carbonyl (C=O) groups is 2. The Bertz CT molecular complexity index is 1120. The van der Waals surface area contributed by atoms with Crippen LogP contribution in [-0.2, 0) is 4.74 Å². The Kier molecular flexibility index (Phi) is 8.52. The molecule has 3 aromatic rings. The summed E-state index contributed by atoms with van der Waals surface area (Å²) in [4.78, 5) is 31.0. The zero-order chi connectivity index (χ0) is 23.8. The number of benzene rings is 2. The second-order valence-corrected chi connectivity index (χ2v) is 7.63. The number of carbonyl (C=O) groups excluding carboxylic acids is 2. The van der Waals surface area contributed by atoms with E-state index in [9.17, 15) is 14.0 Å². The molecule has 1 aromatic heterocycles. The third-order valence-corrected chi connectivity index (χ3v) is 5.46. The van der Waals surface area contributed by atoms with E-state index in [0.29, 0.717) is 35.1 Å². The van der Waals surface area contributed by atoms with E-state index in [1.165, 1.54) is 18.3 Å². The second kappa shape index (κ2) is 11.5. The number of anilines is 1. The van der Waals surface area contributed by atoms with Crippen LogP contribution in [0.5, 0.6) is 0 Å². The van der Waals surface area contributed by atoms with Crippen molar-refractivity contribution in [1.82, 2.24) is 9.88 Å². The Morgan fingerprint density at radius 3 is 2.39 bits per heavy atom. The lowest BCUT2D eigenvalue weighted by atomic mass is 10.1. The van der Waals surface area contributed by atoms with Gasteiger partial charge in [0.2, 0.25) is 0 Å². The zero-order valence-electron chi connectivity index (χ0n) is 18.5. The van der Waals surface area contributed by atoms with Gasteiger partial charge in [0.25, 0.3) is 5.91 Å². The lowest BCUT2D eigenvalue weighted by molar-refractivity contribution is 0.0466. The summed E-state index contributed by atoms with van der Waals surface area (Å²) in [5.74, 6) is -1.51. The molecule has 0 bridgehead atoms. The Morgan fingerprint density at radius 2 is 1.76 bits per heavy atom. The van der Waals surface area contributed by atoms with E-state index in [1.807, 2.05) is 0 Å². The maximum atomic E-state index is 14.6. The summed E-state index contributed by atoms with van der Waals surface area (Å²) < 4.78 is 19.9. The third kappa shape index (κ3) is 6.37. The fourth-order valence-electron chi connectivity index (χ4n) is 3.22. The minimum atomic E-state index is -0.606. The van der Waals surface area contributed by atoms with E-state index in [0.717, 1.165) is 19.2 Å². The first kappa shape index (κ1) is 24.4. The summed E-state index contributed by atoms with van der Waals surface area (Å²) in [6, 6.07) is 13.7. The van der Waals surface area contributed by atoms with Gasteiger partial charge in [0.05, 0.1) is 16.3 Å². The number of esters is 1. The van der Waals surface area contributed by atoms with Crippen LogP contribution in [0.1, 0.15) is 34.6 Å². The van der Waals surface area contributed by atoms with E-state index >= 15 is 0 Å². The van der Waals surface area contributed by atoms with Crippen molar-refractivity contribution in [3.05, 3.63) is 82.8 Å². The highest BCUT2D eigenvalue weighted by Crippen LogP contribution is 2.28. The number of aromatic nitrogens is 1. The van der Waals surface area contributed by atoms with Crippen LogP contribution in [0.3, 0.4) is 0 Å². The average Bonchev–Trinajstić information content (AvgIpc) is 2.82. The number of nitrogens with one attached hydrogen (secondary N) is 1. The molecule has 1 amide bonds. The summed E-state index contributed by atoms with van der Waals surface area (Å²) in [6.07, 6.45) is 1.52. The second-order valence-electron chi connectivity index (χ2n) is 7.22. The predicted molar refractivity (Wildman–Crippen MR) is 127 cm³/mol. The molecule has 0 aliphatic carbocycles. The molecule has 33 heavy (non-hydrogen) atoms. The van der Waals surface area contributed by atoms with Gasteiger partial charge in [-0.3, -0.25) is 9.78 Å². The number of amides is 1. The van der Waals surface area contributed by atoms with Gasteiger partial charge in [0, 0.05) is 29.6 Å². The van der Waals surface area contributed by atoms with Crippen LogP contribution in [0.15, 0.2) is 60.8 Å². The lowest BCUT2D eigenvalue weighted by Crippen LogP contribution is -2.27. The van der Waals surface area contributed by atoms with Gasteiger partial charge in [-0.25, -0.2) is 9.18 Å². The molecule has 3 rings (SSSR count). The maximum absolute atomic E-state index is 14.6. The number of hydrogen-bond donors (Lipinski definition) is 1. The Morgan fingerprint density at radius 1 is 1.06 bits per heavy atom. The van der Waals surface area contributed by atoms with Crippen molar-refractivity contribution in [3.63, 3.8) is 0 Å². The van der Waals surface area contributed by atoms with E-state index in [-0.39, 0.29) is 11.1 Å². The molecule has 6 nitrogen and oxygen atoms in total. The van der Waals surface area contributed by atoms with Crippen molar-refractivity contribution in [1.29, 1.82) is 0 Å². The van der Waals surface area contributed by atoms with Gasteiger partial charge in [-0.05, 0) is 67.7 Å². The van der Waals surface area contributed by atoms with Gasteiger partial charge >= 0.3 is 5.97 Å². The summed E-state index contributed by atoms with van der Waals surface area (Å²) in [7, 11) is 0. The van der Waals surface area contributed by atoms with Crippen LogP contribution >= 0.6 is 11.6 Å². The van der Waals surface area contributed by atoms with E-state index in [1.54, 1.807) is 36.4 Å². The smallest absolute Gasteiger partial charge is 0.338 e. The van der Waals surface area contributed by atoms with Crippen LogP contribution in [0.25, 0.3) is 11.3 Å². The fourth-order valence-corrected chi connectivity index (χ4v) is 3.44. The SMILES string of the molecule is CCN(CC)CCOC(=O)c1ccc(NC(=O)c2ccc(-c3ncccc3Cl)c(F)c2)cc1. The van der Waals surface area contributed by atoms with Crippen LogP contribution in [0.2, 0.25) is 5.02 Å². The summed E-state index contributed by atoms with van der Waals surface area (Å²) in [5.41, 5.74) is 1.51. The summed E-state index contributed by atoms with van der Waals surface area (Å²) in [6.45, 7) is 6.88. The fraction of sp³-hybridized carbons (Fsp3) is 0.240. The maximum Gasteiger partial charge on any atom is 0.338 e. The van der Waals surface area contributed by atoms with Crippen LogP contribution < -0.4 is 5.32 Å². The standard InChI is InChI=1S/C25H25ClFN3O3/c1-3-30(4-2)14-15-33-25(32)17-7-10-19(11-8-17)29-24(31)18-9-12-20(22(27)16-18)23-21(26)6-5-13-28-23/h5-13,16H,3-4,14-15H2,1-2H3,(H,29,31). The molecule has 0 aliphatic heterocycles. The molecule has 0 fully saturated rings. The number of halogens is 2. The number of pyridine rings is 1. The molecule has 0 saturated carbocycles. The number of nitrogens with zero attached hydrogens (tertiary/aromatic N) is 2. The molecule has 0 unspecified atom stereocenters. The van der Waals surface area contributed by atoms with Gasteiger partial charge < -0.3 is 15.0 Å². The molecule has 1 N–H and O–H groups in total. The van der Waals surface area contributed by atoms with Crippen LogP contribution in [0.4, 0.5) is 10.1 Å². The van der Waals surface area contributed by atoms with Gasteiger partial charge in [0.15, 0.2) is 0 Å². The molecule has 0 aliphatic rings. The molecule has 8 heteroatoms. The quantitative estimate of drug-likeness (QED) is 0.431. The van der Waals surface area contributed by atoms with Gasteiger partial charge in [0.1, 0.15) is 12.4 Å². The first-order valence-electron chi connectivity index (χ1n) is 10.6. The number of likely N-dealkylation sites (N-methyl/N-ethyl adjacent to an activating group) is 1. The van der Waals surface area contributed by atoms with Crippen molar-refractivity contribution in [2.75, 3.05) is 31.6 Å². The van der Waals surface area contributed by atoms with Gasteiger partial charge in [-0.15, -0.1) is 0 Å². The summed E-state index contributed by atoms with van der Waals surface area (Å²) in [5, 5.41) is 3.01. The van der Waals surface area contributed by atoms with Crippen molar-refractivity contribution in [3.8, 4) is 11.3 Å². The average molecular weight is 470 g/mol. The highest BCUT2D eigenvalue weighted by atomic mass is 35.5. The molecule has 0 atom stereocenters. The monoisotopic (exact) mass is 469 g/mol. The molecular formula is C25H25ClFN3O3.